The van der Waals surface area contributed by atoms with E-state index < -0.39 is 0 Å². The summed E-state index contributed by atoms with van der Waals surface area (Å²) in [5, 5.41) is 3.45. The first-order valence-corrected chi connectivity index (χ1v) is 9.97. The summed E-state index contributed by atoms with van der Waals surface area (Å²) >= 11 is 1.32. The van der Waals surface area contributed by atoms with E-state index in [-0.39, 0.29) is 23.8 Å². The minimum Gasteiger partial charge on any atom is -0.348 e. The lowest BCUT2D eigenvalue weighted by atomic mass is 10.0. The fourth-order valence-corrected chi connectivity index (χ4v) is 4.34. The molecule has 1 aromatic carbocycles. The van der Waals surface area contributed by atoms with E-state index in [4.69, 9.17) is 0 Å². The van der Waals surface area contributed by atoms with Crippen LogP contribution < -0.4 is 15.8 Å². The second kappa shape index (κ2) is 7.67. The number of hydrogen-bond acceptors (Lipinski definition) is 6. The highest BCUT2D eigenvalue weighted by Gasteiger charge is 2.21. The van der Waals surface area contributed by atoms with Gasteiger partial charge in [-0.1, -0.05) is 18.3 Å². The number of nitrogens with one attached hydrogen (secondary N) is 1. The molecule has 1 aliphatic rings. The fraction of sp³-hybridized carbons (Fsp3) is 0.368. The molecule has 9 heteroatoms. The van der Waals surface area contributed by atoms with Gasteiger partial charge in [0.25, 0.3) is 5.56 Å². The van der Waals surface area contributed by atoms with Gasteiger partial charge in [-0.3, -0.25) is 14.2 Å². The molecule has 7 nitrogen and oxygen atoms in total. The van der Waals surface area contributed by atoms with Crippen LogP contribution in [0.5, 0.6) is 0 Å². The Balaban J connectivity index is 1.53. The highest BCUT2D eigenvalue weighted by Crippen LogP contribution is 2.29. The summed E-state index contributed by atoms with van der Waals surface area (Å²) in [6, 6.07) is 5.45. The molecule has 0 bridgehead atoms. The Morgan fingerprint density at radius 3 is 2.89 bits per heavy atom. The summed E-state index contributed by atoms with van der Waals surface area (Å²) < 4.78 is 14.7. The summed E-state index contributed by atoms with van der Waals surface area (Å²) in [5.74, 6) is -0.169. The van der Waals surface area contributed by atoms with Crippen molar-refractivity contribution in [2.24, 2.45) is 5.92 Å². The van der Waals surface area contributed by atoms with Crippen LogP contribution in [0.4, 0.5) is 15.2 Å². The van der Waals surface area contributed by atoms with Crippen molar-refractivity contribution in [1.29, 1.82) is 0 Å². The largest absolute Gasteiger partial charge is 0.348 e. The molecule has 0 unspecified atom stereocenters. The molecule has 1 amide bonds. The molecule has 0 saturated carbocycles. The predicted octanol–water partition coefficient (Wildman–Crippen LogP) is 2.87. The van der Waals surface area contributed by atoms with E-state index in [9.17, 15) is 14.0 Å². The Morgan fingerprint density at radius 1 is 1.36 bits per heavy atom. The average Bonchev–Trinajstić information content (AvgIpc) is 3.11. The van der Waals surface area contributed by atoms with Crippen LogP contribution in [0.3, 0.4) is 0 Å². The maximum atomic E-state index is 13.0. The number of nitrogens with zero attached hydrogens (tertiary/aromatic N) is 4. The van der Waals surface area contributed by atoms with E-state index in [2.05, 4.69) is 27.1 Å². The zero-order chi connectivity index (χ0) is 19.7. The molecule has 4 rings (SSSR count). The number of fused-ring (bicyclic) bond motifs is 1. The number of thiazole rings is 1. The van der Waals surface area contributed by atoms with E-state index in [0.29, 0.717) is 22.0 Å². The number of rotatable bonds is 4. The minimum absolute atomic E-state index is 0.173. The quantitative estimate of drug-likeness (QED) is 0.727. The van der Waals surface area contributed by atoms with Gasteiger partial charge in [0, 0.05) is 18.8 Å². The van der Waals surface area contributed by atoms with Crippen LogP contribution in [0.2, 0.25) is 0 Å². The van der Waals surface area contributed by atoms with Gasteiger partial charge in [-0.2, -0.15) is 4.98 Å². The lowest BCUT2D eigenvalue weighted by Gasteiger charge is -2.30. The molecule has 3 aromatic rings. The molecule has 1 fully saturated rings. The van der Waals surface area contributed by atoms with Gasteiger partial charge in [0.05, 0.1) is 0 Å². The number of halogens is 1. The van der Waals surface area contributed by atoms with Crippen LogP contribution >= 0.6 is 11.3 Å². The van der Waals surface area contributed by atoms with Crippen LogP contribution in [0.25, 0.3) is 10.3 Å². The maximum absolute atomic E-state index is 13.0. The number of aromatic nitrogens is 3. The first kappa shape index (κ1) is 18.5. The van der Waals surface area contributed by atoms with Crippen LogP contribution in [0, 0.1) is 11.7 Å². The standard InChI is InChI=1S/C19H20FN5O2S/c1-12-3-2-8-24(9-12)19-23-17-16(28-19)18(27)25(11-21-17)10-15(26)22-14-6-4-13(20)5-7-14/h4-7,11-12H,2-3,8-10H2,1H3,(H,22,26)/t12-/m0/s1. The van der Waals surface area contributed by atoms with E-state index in [1.807, 2.05) is 0 Å². The molecule has 0 spiro atoms. The highest BCUT2D eigenvalue weighted by atomic mass is 32.1. The molecule has 28 heavy (non-hydrogen) atoms. The third-order valence-corrected chi connectivity index (χ3v) is 5.84. The van der Waals surface area contributed by atoms with Crippen molar-refractivity contribution in [2.75, 3.05) is 23.3 Å². The van der Waals surface area contributed by atoms with Crippen molar-refractivity contribution in [3.05, 3.63) is 46.8 Å². The van der Waals surface area contributed by atoms with Crippen LogP contribution in [-0.2, 0) is 11.3 Å². The first-order valence-electron chi connectivity index (χ1n) is 9.16. The molecule has 1 N–H and O–H groups in total. The molecule has 0 radical (unpaired) electrons. The maximum Gasteiger partial charge on any atom is 0.273 e. The SMILES string of the molecule is C[C@H]1CCCN(c2nc3ncn(CC(=O)Nc4ccc(F)cc4)c(=O)c3s2)C1. The van der Waals surface area contributed by atoms with E-state index in [1.165, 1.54) is 52.9 Å². The number of carbonyl (C=O) groups is 1. The van der Waals surface area contributed by atoms with Crippen molar-refractivity contribution in [1.82, 2.24) is 14.5 Å². The molecular weight excluding hydrogens is 381 g/mol. The summed E-state index contributed by atoms with van der Waals surface area (Å²) in [6.45, 7) is 3.89. The third kappa shape index (κ3) is 3.89. The monoisotopic (exact) mass is 401 g/mol. The smallest absolute Gasteiger partial charge is 0.273 e. The molecule has 1 atom stereocenters. The number of anilines is 2. The summed E-state index contributed by atoms with van der Waals surface area (Å²) in [5.41, 5.74) is 0.597. The Kier molecular flexibility index (Phi) is 5.08. The highest BCUT2D eigenvalue weighted by molar-refractivity contribution is 7.22. The molecule has 0 aliphatic carbocycles. The first-order chi connectivity index (χ1) is 13.5. The van der Waals surface area contributed by atoms with Gasteiger partial charge in [0.15, 0.2) is 10.8 Å². The number of amides is 1. The summed E-state index contributed by atoms with van der Waals surface area (Å²) in [7, 11) is 0. The average molecular weight is 401 g/mol. The minimum atomic E-state index is -0.385. The van der Waals surface area contributed by atoms with Crippen LogP contribution in [0.15, 0.2) is 35.4 Å². The van der Waals surface area contributed by atoms with Gasteiger partial charge < -0.3 is 10.2 Å². The normalized spacial score (nSPS) is 17.1. The van der Waals surface area contributed by atoms with Crippen molar-refractivity contribution in [3.63, 3.8) is 0 Å². The van der Waals surface area contributed by atoms with Crippen LogP contribution in [0.1, 0.15) is 19.8 Å². The Bertz CT molecular complexity index is 1060. The fourth-order valence-electron chi connectivity index (χ4n) is 3.33. The molecule has 1 saturated heterocycles. The van der Waals surface area contributed by atoms with Gasteiger partial charge in [-0.05, 0) is 43.0 Å². The zero-order valence-electron chi connectivity index (χ0n) is 15.4. The predicted molar refractivity (Wildman–Crippen MR) is 107 cm³/mol. The lowest BCUT2D eigenvalue weighted by molar-refractivity contribution is -0.116. The Hall–Kier alpha value is -2.81. The topological polar surface area (TPSA) is 80.1 Å². The third-order valence-electron chi connectivity index (χ3n) is 4.74. The van der Waals surface area contributed by atoms with Crippen molar-refractivity contribution >= 4 is 38.4 Å². The second-order valence-electron chi connectivity index (χ2n) is 7.08. The second-order valence-corrected chi connectivity index (χ2v) is 8.05. The number of carbonyl (C=O) groups excluding carboxylic acids is 1. The van der Waals surface area contributed by atoms with Crippen molar-refractivity contribution in [3.8, 4) is 0 Å². The van der Waals surface area contributed by atoms with Gasteiger partial charge in [-0.25, -0.2) is 9.37 Å². The van der Waals surface area contributed by atoms with E-state index in [0.717, 1.165) is 24.6 Å². The molecule has 1 aliphatic heterocycles. The van der Waals surface area contributed by atoms with Crippen molar-refractivity contribution in [2.45, 2.75) is 26.3 Å². The van der Waals surface area contributed by atoms with Gasteiger partial charge in [-0.15, -0.1) is 0 Å². The van der Waals surface area contributed by atoms with Crippen molar-refractivity contribution < 1.29 is 9.18 Å². The molecule has 2 aromatic heterocycles. The molecule has 146 valence electrons. The number of piperidine rings is 1. The summed E-state index contributed by atoms with van der Waals surface area (Å²) in [4.78, 5) is 36.0. The summed E-state index contributed by atoms with van der Waals surface area (Å²) in [6.07, 6.45) is 3.66. The van der Waals surface area contributed by atoms with Gasteiger partial charge in [0.1, 0.15) is 23.4 Å². The lowest BCUT2D eigenvalue weighted by Crippen LogP contribution is -2.34. The zero-order valence-corrected chi connectivity index (χ0v) is 16.2. The van der Waals surface area contributed by atoms with E-state index in [1.54, 1.807) is 0 Å². The van der Waals surface area contributed by atoms with E-state index >= 15 is 0 Å². The van der Waals surface area contributed by atoms with Crippen LogP contribution in [-0.4, -0.2) is 33.5 Å². The molecular formula is C19H20FN5O2S. The number of benzene rings is 1. The molecule has 3 heterocycles. The van der Waals surface area contributed by atoms with Gasteiger partial charge in [0.2, 0.25) is 5.91 Å². The Labute approximate surface area is 164 Å². The Morgan fingerprint density at radius 2 is 2.14 bits per heavy atom. The number of hydrogen-bond donors (Lipinski definition) is 1. The van der Waals surface area contributed by atoms with Gasteiger partial charge >= 0.3 is 0 Å².